The van der Waals surface area contributed by atoms with E-state index in [-0.39, 0.29) is 5.91 Å². The summed E-state index contributed by atoms with van der Waals surface area (Å²) in [7, 11) is 0. The fraction of sp³-hybridized carbons (Fsp3) is 0.600. The van der Waals surface area contributed by atoms with Crippen molar-refractivity contribution >= 4 is 5.91 Å². The minimum atomic E-state index is -0.0947. The second-order valence-electron chi connectivity index (χ2n) is 5.84. The Morgan fingerprint density at radius 1 is 1.41 bits per heavy atom. The minimum absolute atomic E-state index is 0.0947. The van der Waals surface area contributed by atoms with E-state index in [1.165, 1.54) is 12.8 Å². The molecule has 0 aromatic carbocycles. The van der Waals surface area contributed by atoms with Crippen LogP contribution in [0, 0.1) is 13.8 Å². The van der Waals surface area contributed by atoms with Crippen molar-refractivity contribution in [3.05, 3.63) is 29.1 Å². The monoisotopic (exact) mass is 302 g/mol. The van der Waals surface area contributed by atoms with Crippen LogP contribution in [0.2, 0.25) is 0 Å². The lowest BCUT2D eigenvalue weighted by Gasteiger charge is -2.07. The van der Waals surface area contributed by atoms with E-state index in [0.29, 0.717) is 18.2 Å². The summed E-state index contributed by atoms with van der Waals surface area (Å²) in [5, 5.41) is 15.4. The zero-order valence-corrected chi connectivity index (χ0v) is 13.3. The average Bonchev–Trinajstić information content (AvgIpc) is 3.16. The van der Waals surface area contributed by atoms with Gasteiger partial charge in [0, 0.05) is 18.3 Å². The summed E-state index contributed by atoms with van der Waals surface area (Å²) < 4.78 is 3.96. The molecule has 2 heterocycles. The molecule has 2 aromatic rings. The molecule has 7 nitrogen and oxygen atoms in total. The second-order valence-corrected chi connectivity index (χ2v) is 5.84. The van der Waals surface area contributed by atoms with Gasteiger partial charge in [-0.05, 0) is 33.1 Å². The van der Waals surface area contributed by atoms with Gasteiger partial charge in [0.1, 0.15) is 6.33 Å². The first-order valence-electron chi connectivity index (χ1n) is 7.82. The van der Waals surface area contributed by atoms with Gasteiger partial charge in [-0.2, -0.15) is 5.10 Å². The van der Waals surface area contributed by atoms with E-state index in [0.717, 1.165) is 30.2 Å². The fourth-order valence-electron chi connectivity index (χ4n) is 2.75. The van der Waals surface area contributed by atoms with Crippen LogP contribution < -0.4 is 5.32 Å². The lowest BCUT2D eigenvalue weighted by atomic mass is 10.2. The summed E-state index contributed by atoms with van der Waals surface area (Å²) in [6.45, 7) is 7.14. The first-order chi connectivity index (χ1) is 10.6. The number of hydrogen-bond donors (Lipinski definition) is 1. The van der Waals surface area contributed by atoms with Crippen molar-refractivity contribution < 1.29 is 4.79 Å². The summed E-state index contributed by atoms with van der Waals surface area (Å²) in [4.78, 5) is 12.5. The second kappa shape index (κ2) is 5.90. The minimum Gasteiger partial charge on any atom is -0.345 e. The molecule has 1 aliphatic carbocycles. The van der Waals surface area contributed by atoms with Crippen LogP contribution in [0.3, 0.4) is 0 Å². The van der Waals surface area contributed by atoms with Crippen molar-refractivity contribution in [2.75, 3.05) is 0 Å². The van der Waals surface area contributed by atoms with Gasteiger partial charge in [0.05, 0.1) is 17.8 Å². The first-order valence-corrected chi connectivity index (χ1v) is 7.82. The molecular weight excluding hydrogens is 280 g/mol. The zero-order chi connectivity index (χ0) is 15.7. The zero-order valence-electron chi connectivity index (χ0n) is 13.3. The number of aromatic nitrogens is 5. The molecule has 0 spiro atoms. The largest absolute Gasteiger partial charge is 0.345 e. The SMILES string of the molecule is CCCn1nc(C)c(C(=O)NCc2nncn2C2CC2)c1C. The molecule has 0 aliphatic heterocycles. The summed E-state index contributed by atoms with van der Waals surface area (Å²) in [5.41, 5.74) is 2.36. The molecule has 1 N–H and O–H groups in total. The molecule has 1 fully saturated rings. The van der Waals surface area contributed by atoms with Crippen LogP contribution >= 0.6 is 0 Å². The highest BCUT2D eigenvalue weighted by molar-refractivity contribution is 5.96. The standard InChI is InChI=1S/C15H22N6O/c1-4-7-21-11(3)14(10(2)19-21)15(22)16-8-13-18-17-9-20(13)12-5-6-12/h9,12H,4-8H2,1-3H3,(H,16,22). The van der Waals surface area contributed by atoms with E-state index >= 15 is 0 Å². The molecule has 3 rings (SSSR count). The van der Waals surface area contributed by atoms with Gasteiger partial charge in [-0.15, -0.1) is 10.2 Å². The third kappa shape index (κ3) is 2.75. The van der Waals surface area contributed by atoms with Crippen LogP contribution in [0.1, 0.15) is 59.8 Å². The number of amides is 1. The summed E-state index contributed by atoms with van der Waals surface area (Å²) in [6, 6.07) is 0.512. The maximum Gasteiger partial charge on any atom is 0.255 e. The Morgan fingerprint density at radius 2 is 2.18 bits per heavy atom. The number of nitrogens with zero attached hydrogens (tertiary/aromatic N) is 5. The van der Waals surface area contributed by atoms with Crippen molar-refractivity contribution in [1.82, 2.24) is 29.9 Å². The van der Waals surface area contributed by atoms with Crippen molar-refractivity contribution in [2.45, 2.75) is 59.2 Å². The van der Waals surface area contributed by atoms with Crippen LogP contribution in [-0.2, 0) is 13.1 Å². The van der Waals surface area contributed by atoms with Crippen molar-refractivity contribution in [3.63, 3.8) is 0 Å². The molecule has 1 amide bonds. The first kappa shape index (κ1) is 14.7. The Kier molecular flexibility index (Phi) is 3.96. The molecule has 1 saturated carbocycles. The van der Waals surface area contributed by atoms with Gasteiger partial charge in [-0.1, -0.05) is 6.92 Å². The summed E-state index contributed by atoms with van der Waals surface area (Å²) in [5.74, 6) is 0.717. The molecule has 22 heavy (non-hydrogen) atoms. The van der Waals surface area contributed by atoms with Crippen LogP contribution in [-0.4, -0.2) is 30.5 Å². The van der Waals surface area contributed by atoms with Gasteiger partial charge in [0.25, 0.3) is 5.91 Å². The van der Waals surface area contributed by atoms with Crippen molar-refractivity contribution in [2.24, 2.45) is 0 Å². The number of aryl methyl sites for hydroxylation is 2. The third-order valence-corrected chi connectivity index (χ3v) is 4.04. The molecule has 118 valence electrons. The number of carbonyl (C=O) groups excluding carboxylic acids is 1. The number of carbonyl (C=O) groups is 1. The molecule has 7 heteroatoms. The number of nitrogens with one attached hydrogen (secondary N) is 1. The predicted molar refractivity (Wildman–Crippen MR) is 81.5 cm³/mol. The van der Waals surface area contributed by atoms with Crippen LogP contribution in [0.15, 0.2) is 6.33 Å². The van der Waals surface area contributed by atoms with Crippen molar-refractivity contribution in [1.29, 1.82) is 0 Å². The fourth-order valence-corrected chi connectivity index (χ4v) is 2.75. The van der Waals surface area contributed by atoms with Gasteiger partial charge in [-0.3, -0.25) is 9.48 Å². The number of hydrogen-bond acceptors (Lipinski definition) is 4. The van der Waals surface area contributed by atoms with Gasteiger partial charge in [0.15, 0.2) is 5.82 Å². The van der Waals surface area contributed by atoms with E-state index in [4.69, 9.17) is 0 Å². The highest BCUT2D eigenvalue weighted by Gasteiger charge is 2.26. The molecule has 2 aromatic heterocycles. The molecule has 0 unspecified atom stereocenters. The quantitative estimate of drug-likeness (QED) is 0.882. The Labute approximate surface area is 129 Å². The average molecular weight is 302 g/mol. The third-order valence-electron chi connectivity index (χ3n) is 4.04. The van der Waals surface area contributed by atoms with Gasteiger partial charge in [-0.25, -0.2) is 0 Å². The predicted octanol–water partition coefficient (Wildman–Crippen LogP) is 1.77. The van der Waals surface area contributed by atoms with Crippen LogP contribution in [0.4, 0.5) is 0 Å². The lowest BCUT2D eigenvalue weighted by molar-refractivity contribution is 0.0948. The normalized spacial score (nSPS) is 14.3. The van der Waals surface area contributed by atoms with E-state index in [2.05, 4.69) is 32.1 Å². The Bertz CT molecular complexity index is 682. The maximum atomic E-state index is 12.5. The Morgan fingerprint density at radius 3 is 2.86 bits per heavy atom. The highest BCUT2D eigenvalue weighted by atomic mass is 16.1. The molecule has 1 aliphatic rings. The van der Waals surface area contributed by atoms with Crippen LogP contribution in [0.5, 0.6) is 0 Å². The van der Waals surface area contributed by atoms with E-state index in [9.17, 15) is 4.79 Å². The Hall–Kier alpha value is -2.18. The summed E-state index contributed by atoms with van der Waals surface area (Å²) >= 11 is 0. The topological polar surface area (TPSA) is 77.6 Å². The molecule has 0 radical (unpaired) electrons. The van der Waals surface area contributed by atoms with E-state index < -0.39 is 0 Å². The van der Waals surface area contributed by atoms with Crippen molar-refractivity contribution in [3.8, 4) is 0 Å². The van der Waals surface area contributed by atoms with Gasteiger partial charge < -0.3 is 9.88 Å². The smallest absolute Gasteiger partial charge is 0.255 e. The highest BCUT2D eigenvalue weighted by Crippen LogP contribution is 2.35. The van der Waals surface area contributed by atoms with Gasteiger partial charge >= 0.3 is 0 Å². The molecular formula is C15H22N6O. The van der Waals surface area contributed by atoms with Gasteiger partial charge in [0.2, 0.25) is 0 Å². The molecule has 0 saturated heterocycles. The maximum absolute atomic E-state index is 12.5. The molecule has 0 atom stereocenters. The Balaban J connectivity index is 1.70. The molecule has 0 bridgehead atoms. The van der Waals surface area contributed by atoms with Crippen LogP contribution in [0.25, 0.3) is 0 Å². The van der Waals surface area contributed by atoms with E-state index in [1.807, 2.05) is 18.5 Å². The number of rotatable bonds is 6. The summed E-state index contributed by atoms with van der Waals surface area (Å²) in [6.07, 6.45) is 5.07. The lowest BCUT2D eigenvalue weighted by Crippen LogP contribution is -2.25. The van der Waals surface area contributed by atoms with E-state index in [1.54, 1.807) is 6.33 Å².